The Morgan fingerprint density at radius 1 is 1.50 bits per heavy atom. The molecule has 1 aromatic rings. The smallest absolute Gasteiger partial charge is 0.258 e. The third-order valence-corrected chi connectivity index (χ3v) is 5.69. The van der Waals surface area contributed by atoms with Crippen molar-refractivity contribution in [3.05, 3.63) is 10.6 Å². The number of hydrogen-bond donors (Lipinski definition) is 2. The topological polar surface area (TPSA) is 66.5 Å². The minimum Gasteiger partial charge on any atom is -0.368 e. The minimum absolute atomic E-state index is 0.0602. The van der Waals surface area contributed by atoms with Crippen LogP contribution in [-0.2, 0) is 22.5 Å². The molecule has 2 aliphatic rings. The van der Waals surface area contributed by atoms with E-state index in [0.717, 1.165) is 44.8 Å². The van der Waals surface area contributed by atoms with Gasteiger partial charge in [-0.15, -0.1) is 11.3 Å². The highest BCUT2D eigenvalue weighted by Gasteiger charge is 2.40. The summed E-state index contributed by atoms with van der Waals surface area (Å²) >= 11 is 1.60. The number of piperidine rings is 1. The lowest BCUT2D eigenvalue weighted by Gasteiger charge is -2.34. The average Bonchev–Trinajstić information content (AvgIpc) is 2.96. The molecular formula is C15H24N4O2S. The number of nitrogens with one attached hydrogen (secondary N) is 2. The molecule has 122 valence electrons. The number of nitrogens with zero attached hydrogens (tertiary/aromatic N) is 2. The number of aromatic nitrogens is 1. The number of likely N-dealkylation sites (N-methyl/N-ethyl adjacent to an activating group) is 1. The van der Waals surface area contributed by atoms with E-state index in [0.29, 0.717) is 18.0 Å². The molecule has 0 aromatic carbocycles. The normalized spacial score (nSPS) is 21.4. The number of methoxy groups -OCH3 is 1. The summed E-state index contributed by atoms with van der Waals surface area (Å²) in [6.45, 7) is 6.84. The molecule has 1 saturated heterocycles. The summed E-state index contributed by atoms with van der Waals surface area (Å²) in [5.74, 6) is -0.0602. The van der Waals surface area contributed by atoms with Crippen LogP contribution in [0.2, 0.25) is 0 Å². The van der Waals surface area contributed by atoms with Gasteiger partial charge in [0, 0.05) is 31.5 Å². The first-order valence-electron chi connectivity index (χ1n) is 7.95. The lowest BCUT2D eigenvalue weighted by atomic mass is 9.91. The predicted molar refractivity (Wildman–Crippen MR) is 87.2 cm³/mol. The van der Waals surface area contributed by atoms with Gasteiger partial charge in [0.1, 0.15) is 5.60 Å². The molecule has 6 nitrogen and oxygen atoms in total. The maximum Gasteiger partial charge on any atom is 0.258 e. The van der Waals surface area contributed by atoms with Crippen molar-refractivity contribution in [2.24, 2.45) is 0 Å². The molecular weight excluding hydrogens is 300 g/mol. The molecule has 1 aromatic heterocycles. The van der Waals surface area contributed by atoms with Crippen molar-refractivity contribution in [2.45, 2.75) is 38.3 Å². The summed E-state index contributed by atoms with van der Waals surface area (Å²) in [5.41, 5.74) is 0.425. The van der Waals surface area contributed by atoms with Crippen molar-refractivity contribution in [3.8, 4) is 0 Å². The van der Waals surface area contributed by atoms with Gasteiger partial charge in [-0.25, -0.2) is 4.98 Å². The van der Waals surface area contributed by atoms with Crippen molar-refractivity contribution in [1.82, 2.24) is 15.2 Å². The summed E-state index contributed by atoms with van der Waals surface area (Å²) in [4.78, 5) is 20.9. The van der Waals surface area contributed by atoms with Gasteiger partial charge in [-0.05, 0) is 32.5 Å². The standard InChI is InChI=1S/C15H24N4O2S/c1-3-19-9-4-11-12(10-19)22-14(17-11)18-13(20)15(21-2)5-7-16-8-6-15/h16H,3-10H2,1-2H3,(H,17,18,20). The Morgan fingerprint density at radius 2 is 2.27 bits per heavy atom. The fourth-order valence-corrected chi connectivity index (χ4v) is 4.18. The molecule has 0 radical (unpaired) electrons. The summed E-state index contributed by atoms with van der Waals surface area (Å²) in [6, 6.07) is 0. The Hall–Kier alpha value is -1.02. The molecule has 2 N–H and O–H groups in total. The maximum atomic E-state index is 12.6. The monoisotopic (exact) mass is 324 g/mol. The first-order valence-corrected chi connectivity index (χ1v) is 8.77. The molecule has 22 heavy (non-hydrogen) atoms. The van der Waals surface area contributed by atoms with E-state index in [1.54, 1.807) is 18.4 Å². The second-order valence-electron chi connectivity index (χ2n) is 5.91. The molecule has 2 aliphatic heterocycles. The van der Waals surface area contributed by atoms with Gasteiger partial charge in [-0.1, -0.05) is 6.92 Å². The highest BCUT2D eigenvalue weighted by molar-refractivity contribution is 7.15. The van der Waals surface area contributed by atoms with Gasteiger partial charge in [0.2, 0.25) is 0 Å². The Balaban J connectivity index is 1.70. The van der Waals surface area contributed by atoms with E-state index in [2.05, 4.69) is 27.4 Å². The SMILES string of the molecule is CCN1CCc2nc(NC(=O)C3(OC)CCNCC3)sc2C1. The van der Waals surface area contributed by atoms with Crippen molar-refractivity contribution in [3.63, 3.8) is 0 Å². The van der Waals surface area contributed by atoms with Crippen LogP contribution in [0.25, 0.3) is 0 Å². The van der Waals surface area contributed by atoms with Gasteiger partial charge >= 0.3 is 0 Å². The zero-order chi connectivity index (χ0) is 15.6. The molecule has 0 aliphatic carbocycles. The third kappa shape index (κ3) is 3.03. The second kappa shape index (κ2) is 6.62. The van der Waals surface area contributed by atoms with Crippen LogP contribution in [0, 0.1) is 0 Å². The van der Waals surface area contributed by atoms with Gasteiger partial charge in [0.15, 0.2) is 5.13 Å². The second-order valence-corrected chi connectivity index (χ2v) is 6.99. The fraction of sp³-hybridized carbons (Fsp3) is 0.733. The number of ether oxygens (including phenoxy) is 1. The van der Waals surface area contributed by atoms with Crippen LogP contribution in [0.3, 0.4) is 0 Å². The zero-order valence-corrected chi connectivity index (χ0v) is 14.1. The highest BCUT2D eigenvalue weighted by atomic mass is 32.1. The minimum atomic E-state index is -0.715. The van der Waals surface area contributed by atoms with Crippen LogP contribution in [-0.4, -0.2) is 54.7 Å². The van der Waals surface area contributed by atoms with Gasteiger partial charge in [-0.2, -0.15) is 0 Å². The number of thiazole rings is 1. The lowest BCUT2D eigenvalue weighted by Crippen LogP contribution is -2.51. The number of amides is 1. The van der Waals surface area contributed by atoms with Gasteiger partial charge in [-0.3, -0.25) is 15.0 Å². The molecule has 1 fully saturated rings. The summed E-state index contributed by atoms with van der Waals surface area (Å²) < 4.78 is 5.57. The molecule has 0 unspecified atom stereocenters. The van der Waals surface area contributed by atoms with Crippen molar-refractivity contribution < 1.29 is 9.53 Å². The number of rotatable bonds is 4. The summed E-state index contributed by atoms with van der Waals surface area (Å²) in [5, 5.41) is 6.97. The molecule has 1 amide bonds. The van der Waals surface area contributed by atoms with Crippen molar-refractivity contribution >= 4 is 22.4 Å². The number of carbonyl (C=O) groups is 1. The van der Waals surface area contributed by atoms with Crippen LogP contribution in [0.5, 0.6) is 0 Å². The molecule has 0 saturated carbocycles. The largest absolute Gasteiger partial charge is 0.368 e. The molecule has 0 atom stereocenters. The van der Waals surface area contributed by atoms with E-state index < -0.39 is 5.60 Å². The highest BCUT2D eigenvalue weighted by Crippen LogP contribution is 2.30. The van der Waals surface area contributed by atoms with Gasteiger partial charge in [0.25, 0.3) is 5.91 Å². The Bertz CT molecular complexity index is 540. The zero-order valence-electron chi connectivity index (χ0n) is 13.3. The van der Waals surface area contributed by atoms with Crippen LogP contribution in [0.1, 0.15) is 30.3 Å². The molecule has 7 heteroatoms. The Labute approximate surface area is 135 Å². The summed E-state index contributed by atoms with van der Waals surface area (Å²) in [6.07, 6.45) is 2.36. The first kappa shape index (κ1) is 15.9. The number of carbonyl (C=O) groups excluding carboxylic acids is 1. The van der Waals surface area contributed by atoms with E-state index in [9.17, 15) is 4.79 Å². The lowest BCUT2D eigenvalue weighted by molar-refractivity contribution is -0.140. The Kier molecular flexibility index (Phi) is 4.77. The maximum absolute atomic E-state index is 12.6. The van der Waals surface area contributed by atoms with E-state index in [1.807, 2.05) is 0 Å². The van der Waals surface area contributed by atoms with Crippen LogP contribution < -0.4 is 10.6 Å². The third-order valence-electron chi connectivity index (χ3n) is 4.69. The van der Waals surface area contributed by atoms with E-state index in [-0.39, 0.29) is 5.91 Å². The fourth-order valence-electron chi connectivity index (χ4n) is 3.14. The van der Waals surface area contributed by atoms with E-state index in [4.69, 9.17) is 4.74 Å². The summed E-state index contributed by atoms with van der Waals surface area (Å²) in [7, 11) is 1.62. The number of hydrogen-bond acceptors (Lipinski definition) is 6. The number of fused-ring (bicyclic) bond motifs is 1. The predicted octanol–water partition coefficient (Wildman–Crippen LogP) is 1.23. The van der Waals surface area contributed by atoms with Gasteiger partial charge in [0.05, 0.1) is 5.69 Å². The molecule has 0 bridgehead atoms. The van der Waals surface area contributed by atoms with Crippen LogP contribution in [0.4, 0.5) is 5.13 Å². The van der Waals surface area contributed by atoms with E-state index in [1.165, 1.54) is 4.88 Å². The van der Waals surface area contributed by atoms with Crippen molar-refractivity contribution in [1.29, 1.82) is 0 Å². The molecule has 3 rings (SSSR count). The van der Waals surface area contributed by atoms with Crippen LogP contribution >= 0.6 is 11.3 Å². The van der Waals surface area contributed by atoms with Crippen LogP contribution in [0.15, 0.2) is 0 Å². The number of anilines is 1. The average molecular weight is 324 g/mol. The Morgan fingerprint density at radius 3 is 2.95 bits per heavy atom. The molecule has 3 heterocycles. The van der Waals surface area contributed by atoms with Crippen molar-refractivity contribution in [2.75, 3.05) is 38.6 Å². The first-order chi connectivity index (χ1) is 10.7. The van der Waals surface area contributed by atoms with Gasteiger partial charge < -0.3 is 10.1 Å². The van der Waals surface area contributed by atoms with E-state index >= 15 is 0 Å². The quantitative estimate of drug-likeness (QED) is 0.872. The molecule has 0 spiro atoms.